The van der Waals surface area contributed by atoms with Crippen molar-refractivity contribution in [2.45, 2.75) is 64.2 Å². The van der Waals surface area contributed by atoms with Crippen molar-refractivity contribution in [3.05, 3.63) is 18.0 Å². The van der Waals surface area contributed by atoms with Crippen LogP contribution in [0.1, 0.15) is 51.3 Å². The number of nitrogens with one attached hydrogen (secondary N) is 1. The molecule has 1 aliphatic heterocycles. The van der Waals surface area contributed by atoms with Crippen LogP contribution in [0.3, 0.4) is 0 Å². The molecule has 19 heavy (non-hydrogen) atoms. The van der Waals surface area contributed by atoms with Crippen molar-refractivity contribution in [3.8, 4) is 0 Å². The van der Waals surface area contributed by atoms with Crippen LogP contribution in [0, 0.1) is 0 Å². The van der Waals surface area contributed by atoms with Crippen molar-refractivity contribution in [2.75, 3.05) is 13.1 Å². The molecular formula is C15H26N4. The number of rotatable bonds is 3. The number of aromatic nitrogens is 2. The first-order chi connectivity index (χ1) is 9.24. The summed E-state index contributed by atoms with van der Waals surface area (Å²) in [6, 6.07) is 4.06. The molecule has 1 aliphatic carbocycles. The first-order valence-corrected chi connectivity index (χ1v) is 7.74. The Balaban J connectivity index is 1.65. The minimum atomic E-state index is 0.598. The van der Waals surface area contributed by atoms with Crippen LogP contribution in [-0.4, -0.2) is 39.9 Å². The molecule has 1 saturated carbocycles. The van der Waals surface area contributed by atoms with Crippen molar-refractivity contribution in [3.63, 3.8) is 0 Å². The van der Waals surface area contributed by atoms with Crippen molar-refractivity contribution in [1.82, 2.24) is 20.0 Å². The summed E-state index contributed by atoms with van der Waals surface area (Å²) in [5.41, 5.74) is 1.23. The second-order valence-electron chi connectivity index (χ2n) is 6.25. The third-order valence-electron chi connectivity index (χ3n) is 4.72. The summed E-state index contributed by atoms with van der Waals surface area (Å²) in [4.78, 5) is 2.57. The molecule has 1 aromatic rings. The summed E-state index contributed by atoms with van der Waals surface area (Å²) in [7, 11) is 0. The Morgan fingerprint density at radius 3 is 2.58 bits per heavy atom. The quantitative estimate of drug-likeness (QED) is 0.906. The van der Waals surface area contributed by atoms with Gasteiger partial charge in [0.2, 0.25) is 0 Å². The van der Waals surface area contributed by atoms with Gasteiger partial charge in [0.1, 0.15) is 0 Å². The summed E-state index contributed by atoms with van der Waals surface area (Å²) in [6.07, 6.45) is 7.53. The molecular weight excluding hydrogens is 236 g/mol. The van der Waals surface area contributed by atoms with Gasteiger partial charge in [0.05, 0.1) is 11.7 Å². The Labute approximate surface area is 116 Å². The summed E-state index contributed by atoms with van der Waals surface area (Å²) in [6.45, 7) is 7.78. The molecule has 4 heteroatoms. The molecule has 0 aromatic carbocycles. The zero-order chi connectivity index (χ0) is 13.2. The average Bonchev–Trinajstić information content (AvgIpc) is 3.04. The van der Waals surface area contributed by atoms with E-state index < -0.39 is 0 Å². The van der Waals surface area contributed by atoms with Crippen molar-refractivity contribution >= 4 is 0 Å². The highest BCUT2D eigenvalue weighted by Crippen LogP contribution is 2.28. The minimum Gasteiger partial charge on any atom is -0.314 e. The molecule has 2 atom stereocenters. The summed E-state index contributed by atoms with van der Waals surface area (Å²) in [5.74, 6) is 0. The van der Waals surface area contributed by atoms with Gasteiger partial charge in [-0.1, -0.05) is 12.8 Å². The Morgan fingerprint density at radius 1 is 1.21 bits per heavy atom. The second-order valence-corrected chi connectivity index (χ2v) is 6.25. The van der Waals surface area contributed by atoms with Crippen LogP contribution in [0.15, 0.2) is 12.3 Å². The van der Waals surface area contributed by atoms with Crippen LogP contribution < -0.4 is 5.32 Å². The normalized spacial score (nSPS) is 30.0. The third-order valence-corrected chi connectivity index (χ3v) is 4.72. The highest BCUT2D eigenvalue weighted by atomic mass is 15.3. The average molecular weight is 262 g/mol. The zero-order valence-electron chi connectivity index (χ0n) is 12.2. The molecule has 0 bridgehead atoms. The first kappa shape index (κ1) is 13.1. The van der Waals surface area contributed by atoms with Crippen molar-refractivity contribution in [2.24, 2.45) is 0 Å². The third kappa shape index (κ3) is 2.84. The highest BCUT2D eigenvalue weighted by molar-refractivity contribution is 5.02. The molecule has 0 amide bonds. The summed E-state index contributed by atoms with van der Waals surface area (Å²) >= 11 is 0. The Hall–Kier alpha value is -0.870. The highest BCUT2D eigenvalue weighted by Gasteiger charge is 2.25. The van der Waals surface area contributed by atoms with Gasteiger partial charge in [0.15, 0.2) is 0 Å². The number of hydrogen-bond donors (Lipinski definition) is 1. The van der Waals surface area contributed by atoms with E-state index in [0.29, 0.717) is 18.1 Å². The van der Waals surface area contributed by atoms with Crippen LogP contribution in [0.4, 0.5) is 0 Å². The number of piperazine rings is 1. The van der Waals surface area contributed by atoms with Crippen LogP contribution in [0.5, 0.6) is 0 Å². The lowest BCUT2D eigenvalue weighted by Gasteiger charge is -2.38. The molecule has 3 rings (SSSR count). The zero-order valence-corrected chi connectivity index (χ0v) is 12.2. The van der Waals surface area contributed by atoms with E-state index in [0.717, 1.165) is 19.6 Å². The lowest BCUT2D eigenvalue weighted by atomic mass is 10.1. The molecule has 4 nitrogen and oxygen atoms in total. The predicted octanol–water partition coefficient (Wildman–Crippen LogP) is 2.18. The molecule has 106 valence electrons. The van der Waals surface area contributed by atoms with Gasteiger partial charge in [0.25, 0.3) is 0 Å². The topological polar surface area (TPSA) is 33.1 Å². The first-order valence-electron chi connectivity index (χ1n) is 7.74. The number of hydrogen-bond acceptors (Lipinski definition) is 3. The monoisotopic (exact) mass is 262 g/mol. The van der Waals surface area contributed by atoms with Gasteiger partial charge in [-0.05, 0) is 32.8 Å². The van der Waals surface area contributed by atoms with Gasteiger partial charge in [-0.15, -0.1) is 0 Å². The maximum Gasteiger partial charge on any atom is 0.0765 e. The largest absolute Gasteiger partial charge is 0.314 e. The Kier molecular flexibility index (Phi) is 3.89. The van der Waals surface area contributed by atoms with Gasteiger partial charge in [0, 0.05) is 37.9 Å². The van der Waals surface area contributed by atoms with E-state index in [1.165, 1.54) is 31.4 Å². The molecule has 2 fully saturated rings. The fraction of sp³-hybridized carbons (Fsp3) is 0.800. The van der Waals surface area contributed by atoms with Gasteiger partial charge >= 0.3 is 0 Å². The molecule has 2 unspecified atom stereocenters. The summed E-state index contributed by atoms with van der Waals surface area (Å²) < 4.78 is 2.21. The van der Waals surface area contributed by atoms with Crippen LogP contribution in [0.2, 0.25) is 0 Å². The molecule has 1 saturated heterocycles. The number of nitrogens with zero attached hydrogens (tertiary/aromatic N) is 3. The Morgan fingerprint density at radius 2 is 1.89 bits per heavy atom. The van der Waals surface area contributed by atoms with Gasteiger partial charge in [-0.2, -0.15) is 5.10 Å². The molecule has 0 radical (unpaired) electrons. The van der Waals surface area contributed by atoms with E-state index in [1.54, 1.807) is 0 Å². The maximum absolute atomic E-state index is 4.81. The second kappa shape index (κ2) is 5.63. The van der Waals surface area contributed by atoms with Crippen molar-refractivity contribution < 1.29 is 0 Å². The SMILES string of the molecule is CC1CNCC(C)N1Cc1ccn(C2CCCC2)n1. The van der Waals surface area contributed by atoms with E-state index in [2.05, 4.69) is 41.0 Å². The van der Waals surface area contributed by atoms with Crippen LogP contribution in [0.25, 0.3) is 0 Å². The maximum atomic E-state index is 4.81. The lowest BCUT2D eigenvalue weighted by Crippen LogP contribution is -2.54. The predicted molar refractivity (Wildman–Crippen MR) is 77.1 cm³/mol. The fourth-order valence-corrected chi connectivity index (χ4v) is 3.50. The lowest BCUT2D eigenvalue weighted by molar-refractivity contribution is 0.107. The van der Waals surface area contributed by atoms with Crippen molar-refractivity contribution in [1.29, 1.82) is 0 Å². The van der Waals surface area contributed by atoms with Crippen LogP contribution >= 0.6 is 0 Å². The van der Waals surface area contributed by atoms with E-state index in [1.807, 2.05) is 0 Å². The van der Waals surface area contributed by atoms with E-state index in [4.69, 9.17) is 5.10 Å². The standard InChI is InChI=1S/C15H26N4/c1-12-9-16-10-13(2)18(12)11-14-7-8-19(17-14)15-5-3-4-6-15/h7-8,12-13,15-16H,3-6,9-11H2,1-2H3. The van der Waals surface area contributed by atoms with E-state index >= 15 is 0 Å². The van der Waals surface area contributed by atoms with Crippen LogP contribution in [-0.2, 0) is 6.54 Å². The molecule has 2 heterocycles. The van der Waals surface area contributed by atoms with E-state index in [9.17, 15) is 0 Å². The molecule has 1 N–H and O–H groups in total. The van der Waals surface area contributed by atoms with Gasteiger partial charge in [-0.3, -0.25) is 9.58 Å². The smallest absolute Gasteiger partial charge is 0.0765 e. The Bertz CT molecular complexity index is 398. The molecule has 2 aliphatic rings. The van der Waals surface area contributed by atoms with E-state index in [-0.39, 0.29) is 0 Å². The fourth-order valence-electron chi connectivity index (χ4n) is 3.50. The van der Waals surface area contributed by atoms with Gasteiger partial charge < -0.3 is 5.32 Å². The minimum absolute atomic E-state index is 0.598. The molecule has 1 aromatic heterocycles. The van der Waals surface area contributed by atoms with Gasteiger partial charge in [-0.25, -0.2) is 0 Å². The summed E-state index contributed by atoms with van der Waals surface area (Å²) in [5, 5.41) is 8.29. The molecule has 0 spiro atoms.